The number of aliphatic hydroxyl groups is 2. The van der Waals surface area contributed by atoms with Crippen molar-refractivity contribution in [1.82, 2.24) is 0 Å². The van der Waals surface area contributed by atoms with Gasteiger partial charge in [-0.05, 0) is 23.8 Å². The first-order chi connectivity index (χ1) is 9.42. The molecule has 4 heteroatoms. The van der Waals surface area contributed by atoms with Crippen LogP contribution in [0.5, 0.6) is 11.5 Å². The number of rotatable bonds is 3. The first kappa shape index (κ1) is 14.1. The van der Waals surface area contributed by atoms with Crippen LogP contribution in [0.25, 0.3) is 6.08 Å². The van der Waals surface area contributed by atoms with Gasteiger partial charge in [-0.2, -0.15) is 0 Å². The van der Waals surface area contributed by atoms with Crippen LogP contribution in [0.3, 0.4) is 0 Å². The SMILES string of the molecule is COc1cc(/C=C/C2(C)C=C(O)C=C(O)C2)ccc1O. The van der Waals surface area contributed by atoms with Crippen LogP contribution >= 0.6 is 0 Å². The second kappa shape index (κ2) is 5.33. The molecule has 0 saturated heterocycles. The van der Waals surface area contributed by atoms with E-state index in [1.807, 2.05) is 19.1 Å². The monoisotopic (exact) mass is 274 g/mol. The summed E-state index contributed by atoms with van der Waals surface area (Å²) in [7, 11) is 1.49. The van der Waals surface area contributed by atoms with Crippen molar-refractivity contribution in [1.29, 1.82) is 0 Å². The van der Waals surface area contributed by atoms with Crippen LogP contribution in [-0.2, 0) is 0 Å². The minimum atomic E-state index is -0.450. The van der Waals surface area contributed by atoms with Crippen LogP contribution in [0, 0.1) is 5.41 Å². The average Bonchev–Trinajstić information content (AvgIpc) is 2.36. The number of ether oxygens (including phenoxy) is 1. The highest BCUT2D eigenvalue weighted by Crippen LogP contribution is 2.35. The van der Waals surface area contributed by atoms with Gasteiger partial charge in [0.25, 0.3) is 0 Å². The third-order valence-electron chi connectivity index (χ3n) is 3.21. The molecule has 0 bridgehead atoms. The summed E-state index contributed by atoms with van der Waals surface area (Å²) in [6.45, 7) is 1.92. The normalized spacial score (nSPS) is 22.5. The second-order valence-corrected chi connectivity index (χ2v) is 5.15. The predicted octanol–water partition coefficient (Wildman–Crippen LogP) is 3.71. The molecule has 0 amide bonds. The number of hydrogen-bond acceptors (Lipinski definition) is 4. The van der Waals surface area contributed by atoms with Crippen molar-refractivity contribution in [2.45, 2.75) is 13.3 Å². The lowest BCUT2D eigenvalue weighted by atomic mass is 9.81. The maximum absolute atomic E-state index is 9.60. The van der Waals surface area contributed by atoms with Gasteiger partial charge >= 0.3 is 0 Å². The summed E-state index contributed by atoms with van der Waals surface area (Å²) in [5.74, 6) is 0.707. The van der Waals surface area contributed by atoms with Gasteiger partial charge < -0.3 is 20.1 Å². The van der Waals surface area contributed by atoms with Gasteiger partial charge in [0.2, 0.25) is 0 Å². The molecule has 0 fully saturated rings. The smallest absolute Gasteiger partial charge is 0.161 e. The summed E-state index contributed by atoms with van der Waals surface area (Å²) in [6, 6.07) is 5.05. The van der Waals surface area contributed by atoms with Crippen molar-refractivity contribution in [3.8, 4) is 11.5 Å². The van der Waals surface area contributed by atoms with Gasteiger partial charge in [0.05, 0.1) is 12.9 Å². The largest absolute Gasteiger partial charge is 0.512 e. The Kier molecular flexibility index (Phi) is 3.74. The van der Waals surface area contributed by atoms with E-state index in [0.29, 0.717) is 12.2 Å². The summed E-state index contributed by atoms with van der Waals surface area (Å²) < 4.78 is 5.05. The molecular formula is C16H18O4. The summed E-state index contributed by atoms with van der Waals surface area (Å²) in [5.41, 5.74) is 0.413. The van der Waals surface area contributed by atoms with E-state index in [-0.39, 0.29) is 17.3 Å². The Labute approximate surface area is 118 Å². The molecule has 1 atom stereocenters. The van der Waals surface area contributed by atoms with E-state index in [0.717, 1.165) is 5.56 Å². The highest BCUT2D eigenvalue weighted by molar-refractivity contribution is 5.56. The quantitative estimate of drug-likeness (QED) is 0.786. The van der Waals surface area contributed by atoms with Gasteiger partial charge in [-0.15, -0.1) is 0 Å². The van der Waals surface area contributed by atoms with Gasteiger partial charge in [0.15, 0.2) is 11.5 Å². The van der Waals surface area contributed by atoms with Crippen LogP contribution in [0.2, 0.25) is 0 Å². The van der Waals surface area contributed by atoms with E-state index in [2.05, 4.69) is 0 Å². The molecule has 0 aromatic heterocycles. The minimum Gasteiger partial charge on any atom is -0.512 e. The summed E-state index contributed by atoms with van der Waals surface area (Å²) in [6.07, 6.45) is 7.24. The Morgan fingerprint density at radius 2 is 2.00 bits per heavy atom. The number of aromatic hydroxyl groups is 1. The van der Waals surface area contributed by atoms with E-state index < -0.39 is 5.41 Å². The van der Waals surface area contributed by atoms with E-state index in [1.165, 1.54) is 13.2 Å². The number of allylic oxidation sites excluding steroid dienone is 4. The average molecular weight is 274 g/mol. The Balaban J connectivity index is 2.23. The Morgan fingerprint density at radius 1 is 1.25 bits per heavy atom. The molecule has 0 saturated carbocycles. The maximum atomic E-state index is 9.60. The molecule has 1 unspecified atom stereocenters. The third-order valence-corrected chi connectivity index (χ3v) is 3.21. The van der Waals surface area contributed by atoms with Gasteiger partial charge in [0.1, 0.15) is 5.76 Å². The lowest BCUT2D eigenvalue weighted by molar-refractivity contribution is 0.318. The van der Waals surface area contributed by atoms with E-state index >= 15 is 0 Å². The number of phenolic OH excluding ortho intramolecular Hbond substituents is 1. The predicted molar refractivity (Wildman–Crippen MR) is 77.8 cm³/mol. The number of aliphatic hydroxyl groups excluding tert-OH is 2. The van der Waals surface area contributed by atoms with Gasteiger partial charge in [-0.25, -0.2) is 0 Å². The molecule has 4 nitrogen and oxygen atoms in total. The van der Waals surface area contributed by atoms with Gasteiger partial charge in [-0.3, -0.25) is 0 Å². The van der Waals surface area contributed by atoms with Crippen molar-refractivity contribution >= 4 is 6.08 Å². The van der Waals surface area contributed by atoms with Crippen molar-refractivity contribution in [2.75, 3.05) is 7.11 Å². The summed E-state index contributed by atoms with van der Waals surface area (Å²) >= 11 is 0. The molecule has 2 rings (SSSR count). The highest BCUT2D eigenvalue weighted by atomic mass is 16.5. The third kappa shape index (κ3) is 3.15. The van der Waals surface area contributed by atoms with Crippen LogP contribution in [-0.4, -0.2) is 22.4 Å². The first-order valence-electron chi connectivity index (χ1n) is 6.29. The molecule has 1 aromatic rings. The molecule has 0 heterocycles. The van der Waals surface area contributed by atoms with Crippen molar-refractivity contribution < 1.29 is 20.1 Å². The lowest BCUT2D eigenvalue weighted by Gasteiger charge is -2.25. The molecule has 3 N–H and O–H groups in total. The Morgan fingerprint density at radius 3 is 2.65 bits per heavy atom. The zero-order valence-corrected chi connectivity index (χ0v) is 11.5. The van der Waals surface area contributed by atoms with E-state index in [1.54, 1.807) is 24.3 Å². The Bertz CT molecular complexity index is 598. The van der Waals surface area contributed by atoms with Crippen molar-refractivity contribution in [3.63, 3.8) is 0 Å². The molecular weight excluding hydrogens is 256 g/mol. The zero-order chi connectivity index (χ0) is 14.8. The molecule has 0 radical (unpaired) electrons. The second-order valence-electron chi connectivity index (χ2n) is 5.15. The highest BCUT2D eigenvalue weighted by Gasteiger charge is 2.24. The van der Waals surface area contributed by atoms with E-state index in [9.17, 15) is 15.3 Å². The molecule has 1 aliphatic rings. The van der Waals surface area contributed by atoms with Crippen molar-refractivity contribution in [2.24, 2.45) is 5.41 Å². The summed E-state index contributed by atoms with van der Waals surface area (Å²) in [4.78, 5) is 0. The fourth-order valence-corrected chi connectivity index (χ4v) is 2.23. The van der Waals surface area contributed by atoms with Crippen molar-refractivity contribution in [3.05, 3.63) is 53.5 Å². The molecule has 0 spiro atoms. The van der Waals surface area contributed by atoms with E-state index in [4.69, 9.17) is 4.74 Å². The minimum absolute atomic E-state index is 0.0594. The van der Waals surface area contributed by atoms with Gasteiger partial charge in [-0.1, -0.05) is 25.1 Å². The molecule has 106 valence electrons. The van der Waals surface area contributed by atoms with Gasteiger partial charge in [0, 0.05) is 17.9 Å². The van der Waals surface area contributed by atoms with Crippen LogP contribution < -0.4 is 4.74 Å². The maximum Gasteiger partial charge on any atom is 0.161 e. The number of benzene rings is 1. The summed E-state index contributed by atoms with van der Waals surface area (Å²) in [5, 5.41) is 28.7. The standard InChI is InChI=1S/C16H18O4/c1-16(9-12(17)8-13(18)10-16)6-5-11-3-4-14(19)15(7-11)20-2/h3-9,17-19H,10H2,1-2H3/b6-5+. The molecule has 1 aliphatic carbocycles. The number of methoxy groups -OCH3 is 1. The lowest BCUT2D eigenvalue weighted by Crippen LogP contribution is -2.15. The fourth-order valence-electron chi connectivity index (χ4n) is 2.23. The number of phenols is 1. The molecule has 20 heavy (non-hydrogen) atoms. The molecule has 0 aliphatic heterocycles. The molecule has 1 aromatic carbocycles. The topological polar surface area (TPSA) is 69.9 Å². The van der Waals surface area contributed by atoms with Crippen LogP contribution in [0.4, 0.5) is 0 Å². The van der Waals surface area contributed by atoms with Crippen LogP contribution in [0.15, 0.2) is 47.9 Å². The van der Waals surface area contributed by atoms with Crippen LogP contribution in [0.1, 0.15) is 18.9 Å². The Hall–Kier alpha value is -2.36. The fraction of sp³-hybridized carbons (Fsp3) is 0.250. The first-order valence-corrected chi connectivity index (χ1v) is 6.29. The zero-order valence-electron chi connectivity index (χ0n) is 11.5. The number of hydrogen-bond donors (Lipinski definition) is 3.